The maximum absolute atomic E-state index is 12.3. The van der Waals surface area contributed by atoms with Crippen LogP contribution in [0.25, 0.3) is 5.69 Å². The van der Waals surface area contributed by atoms with Gasteiger partial charge in [0.1, 0.15) is 11.4 Å². The number of aromatic nitrogens is 2. The molecule has 0 aliphatic carbocycles. The van der Waals surface area contributed by atoms with Gasteiger partial charge in [-0.2, -0.15) is 0 Å². The number of carbonyl (C=O) groups is 1. The summed E-state index contributed by atoms with van der Waals surface area (Å²) in [5.74, 6) is -0.840. The number of hydrogen-bond donors (Lipinski definition) is 1. The standard InChI is InChI=1S/C19H15F3N4O4/c20-19(21,22)30-15-4-1-13(2-5-15)7-8-24-18(27)14-3-6-16(17(11-14)26(28)29)25-10-9-23-12-25/h1-6,9-12H,7-8H2,(H,24,27). The van der Waals surface area contributed by atoms with Crippen LogP contribution in [0.1, 0.15) is 15.9 Å². The lowest BCUT2D eigenvalue weighted by molar-refractivity contribution is -0.384. The van der Waals surface area contributed by atoms with E-state index in [0.717, 1.165) is 0 Å². The third-order valence-electron chi connectivity index (χ3n) is 4.07. The van der Waals surface area contributed by atoms with Gasteiger partial charge in [-0.15, -0.1) is 13.2 Å². The fourth-order valence-corrected chi connectivity index (χ4v) is 2.71. The SMILES string of the molecule is O=C(NCCc1ccc(OC(F)(F)F)cc1)c1ccc(-n2ccnc2)c([N+](=O)[O-])c1. The highest BCUT2D eigenvalue weighted by atomic mass is 19.4. The fraction of sp³-hybridized carbons (Fsp3) is 0.158. The van der Waals surface area contributed by atoms with Crippen LogP contribution in [0, 0.1) is 10.1 Å². The second-order valence-corrected chi connectivity index (χ2v) is 6.13. The molecule has 30 heavy (non-hydrogen) atoms. The molecule has 0 aliphatic heterocycles. The molecule has 1 heterocycles. The van der Waals surface area contributed by atoms with Gasteiger partial charge in [-0.25, -0.2) is 4.98 Å². The first-order chi connectivity index (χ1) is 14.2. The lowest BCUT2D eigenvalue weighted by Crippen LogP contribution is -2.25. The molecule has 156 valence electrons. The van der Waals surface area contributed by atoms with Crippen LogP contribution < -0.4 is 10.1 Å². The van der Waals surface area contributed by atoms with Crippen molar-refractivity contribution in [2.75, 3.05) is 6.54 Å². The predicted octanol–water partition coefficient (Wildman–Crippen LogP) is 3.65. The Balaban J connectivity index is 1.61. The molecule has 0 aliphatic rings. The van der Waals surface area contributed by atoms with Crippen molar-refractivity contribution in [1.29, 1.82) is 0 Å². The zero-order valence-electron chi connectivity index (χ0n) is 15.3. The van der Waals surface area contributed by atoms with Crippen molar-refractivity contribution in [2.24, 2.45) is 0 Å². The number of halogens is 3. The van der Waals surface area contributed by atoms with E-state index in [4.69, 9.17) is 0 Å². The first kappa shape index (κ1) is 20.8. The van der Waals surface area contributed by atoms with E-state index in [1.54, 1.807) is 6.20 Å². The van der Waals surface area contributed by atoms with Crippen molar-refractivity contribution >= 4 is 11.6 Å². The molecule has 0 unspecified atom stereocenters. The minimum Gasteiger partial charge on any atom is -0.406 e. The molecular weight excluding hydrogens is 405 g/mol. The molecule has 0 fully saturated rings. The second-order valence-electron chi connectivity index (χ2n) is 6.13. The van der Waals surface area contributed by atoms with Crippen LogP contribution in [-0.4, -0.2) is 33.3 Å². The van der Waals surface area contributed by atoms with E-state index >= 15 is 0 Å². The van der Waals surface area contributed by atoms with Crippen LogP contribution in [0.3, 0.4) is 0 Å². The Hall–Kier alpha value is -3.89. The summed E-state index contributed by atoms with van der Waals surface area (Å²) in [6, 6.07) is 9.37. The van der Waals surface area contributed by atoms with Crippen molar-refractivity contribution in [2.45, 2.75) is 12.8 Å². The van der Waals surface area contributed by atoms with Crippen LogP contribution in [0.4, 0.5) is 18.9 Å². The first-order valence-corrected chi connectivity index (χ1v) is 8.62. The highest BCUT2D eigenvalue weighted by Crippen LogP contribution is 2.24. The van der Waals surface area contributed by atoms with Gasteiger partial charge in [-0.1, -0.05) is 12.1 Å². The summed E-state index contributed by atoms with van der Waals surface area (Å²) in [5, 5.41) is 14.0. The van der Waals surface area contributed by atoms with E-state index in [-0.39, 0.29) is 29.2 Å². The Bertz CT molecular complexity index is 1030. The maximum Gasteiger partial charge on any atom is 0.573 e. The van der Waals surface area contributed by atoms with Gasteiger partial charge in [-0.3, -0.25) is 14.9 Å². The van der Waals surface area contributed by atoms with Gasteiger partial charge in [0.15, 0.2) is 0 Å². The van der Waals surface area contributed by atoms with Crippen molar-refractivity contribution in [3.05, 3.63) is 82.4 Å². The molecule has 1 aromatic heterocycles. The van der Waals surface area contributed by atoms with Crippen LogP contribution in [0.2, 0.25) is 0 Å². The number of hydrogen-bond acceptors (Lipinski definition) is 5. The quantitative estimate of drug-likeness (QED) is 0.465. The highest BCUT2D eigenvalue weighted by molar-refractivity contribution is 5.95. The van der Waals surface area contributed by atoms with E-state index in [0.29, 0.717) is 12.0 Å². The number of ether oxygens (including phenoxy) is 1. The minimum atomic E-state index is -4.76. The van der Waals surface area contributed by atoms with E-state index in [2.05, 4.69) is 15.0 Å². The minimum absolute atomic E-state index is 0.111. The Morgan fingerprint density at radius 3 is 2.53 bits per heavy atom. The van der Waals surface area contributed by atoms with E-state index in [1.807, 2.05) is 0 Å². The largest absolute Gasteiger partial charge is 0.573 e. The zero-order valence-corrected chi connectivity index (χ0v) is 15.3. The number of nitrogens with one attached hydrogen (secondary N) is 1. The van der Waals surface area contributed by atoms with Crippen molar-refractivity contribution in [3.8, 4) is 11.4 Å². The van der Waals surface area contributed by atoms with Gasteiger partial charge < -0.3 is 14.6 Å². The molecule has 0 saturated carbocycles. The molecule has 0 radical (unpaired) electrons. The van der Waals surface area contributed by atoms with Gasteiger partial charge in [0.25, 0.3) is 11.6 Å². The molecule has 3 aromatic rings. The molecule has 3 rings (SSSR count). The summed E-state index contributed by atoms with van der Waals surface area (Å²) in [7, 11) is 0. The van der Waals surface area contributed by atoms with Gasteiger partial charge in [0, 0.05) is 30.6 Å². The van der Waals surface area contributed by atoms with Gasteiger partial charge in [0.2, 0.25) is 0 Å². The third-order valence-corrected chi connectivity index (χ3v) is 4.07. The molecule has 0 spiro atoms. The van der Waals surface area contributed by atoms with Gasteiger partial charge >= 0.3 is 6.36 Å². The van der Waals surface area contributed by atoms with E-state index < -0.39 is 17.2 Å². The van der Waals surface area contributed by atoms with E-state index in [9.17, 15) is 28.1 Å². The summed E-state index contributed by atoms with van der Waals surface area (Å²) in [4.78, 5) is 26.9. The molecule has 8 nitrogen and oxygen atoms in total. The number of amides is 1. The zero-order chi connectivity index (χ0) is 21.7. The van der Waals surface area contributed by atoms with E-state index in [1.165, 1.54) is 59.6 Å². The molecule has 1 amide bonds. The Morgan fingerprint density at radius 1 is 1.20 bits per heavy atom. The van der Waals surface area contributed by atoms with Crippen LogP contribution in [-0.2, 0) is 6.42 Å². The maximum atomic E-state index is 12.3. The first-order valence-electron chi connectivity index (χ1n) is 8.62. The number of nitrogens with zero attached hydrogens (tertiary/aromatic N) is 3. The number of benzene rings is 2. The Morgan fingerprint density at radius 2 is 1.93 bits per heavy atom. The fourth-order valence-electron chi connectivity index (χ4n) is 2.71. The molecule has 0 saturated heterocycles. The summed E-state index contributed by atoms with van der Waals surface area (Å²) < 4.78 is 41.7. The van der Waals surface area contributed by atoms with Crippen LogP contribution in [0.5, 0.6) is 5.75 Å². The number of nitro benzene ring substituents is 1. The molecular formula is C19H15F3N4O4. The van der Waals surface area contributed by atoms with Crippen molar-refractivity contribution in [3.63, 3.8) is 0 Å². The average molecular weight is 420 g/mol. The molecule has 1 N–H and O–H groups in total. The molecule has 0 bridgehead atoms. The molecule has 2 aromatic carbocycles. The van der Waals surface area contributed by atoms with Crippen LogP contribution >= 0.6 is 0 Å². The summed E-state index contributed by atoms with van der Waals surface area (Å²) in [6.07, 6.45) is 0.0328. The Kier molecular flexibility index (Phi) is 6.00. The van der Waals surface area contributed by atoms with Crippen LogP contribution in [0.15, 0.2) is 61.2 Å². The van der Waals surface area contributed by atoms with Crippen molar-refractivity contribution < 1.29 is 27.6 Å². The number of rotatable bonds is 7. The summed E-state index contributed by atoms with van der Waals surface area (Å²) in [6.45, 7) is 0.190. The van der Waals surface area contributed by atoms with Gasteiger partial charge in [0.05, 0.1) is 11.3 Å². The monoisotopic (exact) mass is 420 g/mol. The van der Waals surface area contributed by atoms with Gasteiger partial charge in [-0.05, 0) is 36.2 Å². The topological polar surface area (TPSA) is 99.3 Å². The number of alkyl halides is 3. The molecule has 0 atom stereocenters. The smallest absolute Gasteiger partial charge is 0.406 e. The number of nitro groups is 1. The summed E-state index contributed by atoms with van der Waals surface area (Å²) in [5.41, 5.74) is 0.821. The normalized spacial score (nSPS) is 11.2. The lowest BCUT2D eigenvalue weighted by atomic mass is 10.1. The second kappa shape index (κ2) is 8.64. The number of imidazole rings is 1. The van der Waals surface area contributed by atoms with Crippen molar-refractivity contribution in [1.82, 2.24) is 14.9 Å². The lowest BCUT2D eigenvalue weighted by Gasteiger charge is -2.10. The highest BCUT2D eigenvalue weighted by Gasteiger charge is 2.30. The predicted molar refractivity (Wildman–Crippen MR) is 99.4 cm³/mol. The Labute approximate surface area is 168 Å². The average Bonchev–Trinajstić information content (AvgIpc) is 3.22. The molecule has 11 heteroatoms. The third kappa shape index (κ3) is 5.34. The number of carbonyl (C=O) groups excluding carboxylic acids is 1. The summed E-state index contributed by atoms with van der Waals surface area (Å²) >= 11 is 0.